The second-order valence-corrected chi connectivity index (χ2v) is 2.06. The summed E-state index contributed by atoms with van der Waals surface area (Å²) in [5.74, 6) is 4.89. The van der Waals surface area contributed by atoms with Crippen molar-refractivity contribution in [2.75, 3.05) is 17.3 Å². The van der Waals surface area contributed by atoms with Gasteiger partial charge in [-0.3, -0.25) is 5.43 Å². The summed E-state index contributed by atoms with van der Waals surface area (Å²) in [6, 6.07) is 0. The van der Waals surface area contributed by atoms with Gasteiger partial charge in [0.15, 0.2) is 11.6 Å². The van der Waals surface area contributed by atoms with E-state index in [1.807, 2.05) is 6.92 Å². The average Bonchev–Trinajstić information content (AvgIpc) is 2.09. The molecule has 5 nitrogen and oxygen atoms in total. The maximum Gasteiger partial charge on any atom is 0.239 e. The molecule has 1 aromatic rings. The Labute approximate surface area is 69.2 Å². The van der Waals surface area contributed by atoms with Gasteiger partial charge in [-0.25, -0.2) is 15.2 Å². The lowest BCUT2D eigenvalue weighted by molar-refractivity contribution is 0.617. The number of anilines is 2. The van der Waals surface area contributed by atoms with Crippen molar-refractivity contribution in [2.45, 2.75) is 6.92 Å². The predicted octanol–water partition coefficient (Wildman–Crippen LogP) is 0.333. The predicted molar refractivity (Wildman–Crippen MR) is 44.0 cm³/mol. The highest BCUT2D eigenvalue weighted by Gasteiger charge is 2.03. The van der Waals surface area contributed by atoms with Crippen molar-refractivity contribution >= 4 is 11.8 Å². The minimum Gasteiger partial charge on any atom is -0.368 e. The zero-order valence-corrected chi connectivity index (χ0v) is 6.63. The Morgan fingerprint density at radius 1 is 1.67 bits per heavy atom. The molecule has 12 heavy (non-hydrogen) atoms. The molecule has 6 heteroatoms. The van der Waals surface area contributed by atoms with E-state index in [0.29, 0.717) is 6.54 Å². The molecule has 0 saturated carbocycles. The first-order valence-electron chi connectivity index (χ1n) is 3.51. The van der Waals surface area contributed by atoms with E-state index in [-0.39, 0.29) is 11.8 Å². The van der Waals surface area contributed by atoms with E-state index in [1.165, 1.54) is 0 Å². The minimum absolute atomic E-state index is 0.153. The van der Waals surface area contributed by atoms with Gasteiger partial charge in [-0.2, -0.15) is 4.98 Å². The lowest BCUT2D eigenvalue weighted by Gasteiger charge is -2.04. The Kier molecular flexibility index (Phi) is 2.76. The number of rotatable bonds is 3. The van der Waals surface area contributed by atoms with Crippen LogP contribution < -0.4 is 16.6 Å². The van der Waals surface area contributed by atoms with Gasteiger partial charge in [0.2, 0.25) is 5.95 Å². The van der Waals surface area contributed by atoms with Crippen molar-refractivity contribution in [1.29, 1.82) is 0 Å². The van der Waals surface area contributed by atoms with Crippen molar-refractivity contribution in [3.8, 4) is 0 Å². The summed E-state index contributed by atoms with van der Waals surface area (Å²) in [6.07, 6.45) is 1.06. The Hall–Kier alpha value is -1.43. The van der Waals surface area contributed by atoms with Crippen LogP contribution in [0.4, 0.5) is 16.2 Å². The molecule has 0 spiro atoms. The van der Waals surface area contributed by atoms with Gasteiger partial charge >= 0.3 is 0 Å². The maximum atomic E-state index is 12.8. The summed E-state index contributed by atoms with van der Waals surface area (Å²) < 4.78 is 12.8. The lowest BCUT2D eigenvalue weighted by atomic mass is 10.5. The van der Waals surface area contributed by atoms with E-state index in [0.717, 1.165) is 6.20 Å². The van der Waals surface area contributed by atoms with Crippen LogP contribution in [0.1, 0.15) is 6.92 Å². The van der Waals surface area contributed by atoms with Gasteiger partial charge in [-0.05, 0) is 6.92 Å². The zero-order chi connectivity index (χ0) is 8.97. The van der Waals surface area contributed by atoms with E-state index >= 15 is 0 Å². The Balaban J connectivity index is 2.91. The summed E-state index contributed by atoms with van der Waals surface area (Å²) in [5.41, 5.74) is 2.22. The fraction of sp³-hybridized carbons (Fsp3) is 0.333. The number of hydrogen-bond donors (Lipinski definition) is 3. The SMILES string of the molecule is CCNc1nc(NN)ncc1F. The van der Waals surface area contributed by atoms with Crippen molar-refractivity contribution in [1.82, 2.24) is 9.97 Å². The second-order valence-electron chi connectivity index (χ2n) is 2.06. The number of hydrazine groups is 1. The highest BCUT2D eigenvalue weighted by atomic mass is 19.1. The molecule has 0 amide bonds. The highest BCUT2D eigenvalue weighted by Crippen LogP contribution is 2.10. The molecular weight excluding hydrogens is 161 g/mol. The first-order chi connectivity index (χ1) is 5.77. The smallest absolute Gasteiger partial charge is 0.239 e. The maximum absolute atomic E-state index is 12.8. The first kappa shape index (κ1) is 8.66. The van der Waals surface area contributed by atoms with Gasteiger partial charge in [0.1, 0.15) is 0 Å². The van der Waals surface area contributed by atoms with Crippen LogP contribution in [0.25, 0.3) is 0 Å². The molecule has 1 heterocycles. The Bertz CT molecular complexity index is 264. The van der Waals surface area contributed by atoms with Gasteiger partial charge in [0, 0.05) is 6.54 Å². The monoisotopic (exact) mass is 171 g/mol. The molecule has 0 unspecified atom stereocenters. The first-order valence-corrected chi connectivity index (χ1v) is 3.51. The third-order valence-electron chi connectivity index (χ3n) is 1.22. The zero-order valence-electron chi connectivity index (χ0n) is 6.63. The van der Waals surface area contributed by atoms with Gasteiger partial charge in [-0.1, -0.05) is 0 Å². The summed E-state index contributed by atoms with van der Waals surface area (Å²) in [4.78, 5) is 7.32. The number of hydrogen-bond acceptors (Lipinski definition) is 5. The van der Waals surface area contributed by atoms with Crippen LogP contribution in [0.15, 0.2) is 6.20 Å². The van der Waals surface area contributed by atoms with Gasteiger partial charge in [0.05, 0.1) is 6.20 Å². The summed E-state index contributed by atoms with van der Waals surface area (Å²) in [6.45, 7) is 2.44. The van der Waals surface area contributed by atoms with Crippen LogP contribution in [-0.4, -0.2) is 16.5 Å². The molecule has 0 fully saturated rings. The molecule has 0 saturated heterocycles. The number of nitrogens with zero attached hydrogens (tertiary/aromatic N) is 2. The Morgan fingerprint density at radius 2 is 2.42 bits per heavy atom. The molecule has 0 atom stereocenters. The van der Waals surface area contributed by atoms with E-state index < -0.39 is 5.82 Å². The van der Waals surface area contributed by atoms with E-state index in [1.54, 1.807) is 0 Å². The van der Waals surface area contributed by atoms with Crippen LogP contribution in [0.5, 0.6) is 0 Å². The number of aromatic nitrogens is 2. The van der Waals surface area contributed by atoms with Gasteiger partial charge in [-0.15, -0.1) is 0 Å². The molecule has 0 aliphatic heterocycles. The van der Waals surface area contributed by atoms with E-state index in [9.17, 15) is 4.39 Å². The molecule has 66 valence electrons. The number of nitrogens with one attached hydrogen (secondary N) is 2. The third-order valence-corrected chi connectivity index (χ3v) is 1.22. The average molecular weight is 171 g/mol. The van der Waals surface area contributed by atoms with E-state index in [4.69, 9.17) is 5.84 Å². The largest absolute Gasteiger partial charge is 0.368 e. The summed E-state index contributed by atoms with van der Waals surface area (Å²) in [5, 5.41) is 2.73. The third kappa shape index (κ3) is 1.79. The summed E-state index contributed by atoms with van der Waals surface area (Å²) >= 11 is 0. The number of nitrogens with two attached hydrogens (primary N) is 1. The minimum atomic E-state index is -0.490. The molecule has 1 rings (SSSR count). The molecule has 4 N–H and O–H groups in total. The normalized spacial score (nSPS) is 9.58. The van der Waals surface area contributed by atoms with Gasteiger partial charge < -0.3 is 5.32 Å². The topological polar surface area (TPSA) is 75.9 Å². The molecule has 0 aliphatic carbocycles. The molecular formula is C6H10FN5. The number of nitrogen functional groups attached to an aromatic ring is 1. The molecule has 0 aliphatic rings. The Morgan fingerprint density at radius 3 is 3.00 bits per heavy atom. The van der Waals surface area contributed by atoms with Crippen molar-refractivity contribution < 1.29 is 4.39 Å². The molecule has 0 radical (unpaired) electrons. The second kappa shape index (κ2) is 3.82. The molecule has 0 aromatic carbocycles. The highest BCUT2D eigenvalue weighted by molar-refractivity contribution is 5.40. The van der Waals surface area contributed by atoms with Crippen LogP contribution in [-0.2, 0) is 0 Å². The molecule has 1 aromatic heterocycles. The van der Waals surface area contributed by atoms with Gasteiger partial charge in [0.25, 0.3) is 0 Å². The number of halogens is 1. The van der Waals surface area contributed by atoms with Crippen LogP contribution in [0, 0.1) is 5.82 Å². The lowest BCUT2D eigenvalue weighted by Crippen LogP contribution is -2.12. The van der Waals surface area contributed by atoms with Crippen LogP contribution in [0.3, 0.4) is 0 Å². The fourth-order valence-corrected chi connectivity index (χ4v) is 0.728. The van der Waals surface area contributed by atoms with Crippen molar-refractivity contribution in [3.63, 3.8) is 0 Å². The van der Waals surface area contributed by atoms with Crippen LogP contribution >= 0.6 is 0 Å². The summed E-state index contributed by atoms with van der Waals surface area (Å²) in [7, 11) is 0. The quantitative estimate of drug-likeness (QED) is 0.451. The van der Waals surface area contributed by atoms with Crippen molar-refractivity contribution in [3.05, 3.63) is 12.0 Å². The van der Waals surface area contributed by atoms with Crippen molar-refractivity contribution in [2.24, 2.45) is 5.84 Å². The van der Waals surface area contributed by atoms with E-state index in [2.05, 4.69) is 20.7 Å². The molecule has 0 bridgehead atoms. The standard InChI is InChI=1S/C6H10FN5/c1-2-9-5-4(7)3-10-6(11-5)12-8/h3H,2,8H2,1H3,(H2,9,10,11,12). The fourth-order valence-electron chi connectivity index (χ4n) is 0.728. The van der Waals surface area contributed by atoms with Crippen LogP contribution in [0.2, 0.25) is 0 Å².